The quantitative estimate of drug-likeness (QED) is 0.471. The van der Waals surface area contributed by atoms with Crippen LogP contribution in [0.5, 0.6) is 0 Å². The first kappa shape index (κ1) is 26.3. The number of amides is 2. The Bertz CT molecular complexity index is 1040. The van der Waals surface area contributed by atoms with E-state index in [0.29, 0.717) is 31.0 Å². The van der Waals surface area contributed by atoms with Gasteiger partial charge in [-0.05, 0) is 47.7 Å². The van der Waals surface area contributed by atoms with E-state index in [2.05, 4.69) is 22.3 Å². The summed E-state index contributed by atoms with van der Waals surface area (Å²) in [4.78, 5) is 27.6. The van der Waals surface area contributed by atoms with Crippen LogP contribution in [0, 0.1) is 0 Å². The third-order valence-corrected chi connectivity index (χ3v) is 8.15. The van der Waals surface area contributed by atoms with Gasteiger partial charge in [-0.15, -0.1) is 12.4 Å². The number of carboxylic acid groups (broad SMARTS) is 1. The normalized spacial score (nSPS) is 22.8. The molecule has 1 fully saturated rings. The van der Waals surface area contributed by atoms with Crippen molar-refractivity contribution < 1.29 is 23.8 Å². The van der Waals surface area contributed by atoms with Crippen LogP contribution in [0.3, 0.4) is 0 Å². The summed E-state index contributed by atoms with van der Waals surface area (Å²) in [5, 5.41) is 11.9. The molecule has 2 aliphatic rings. The lowest BCUT2D eigenvalue weighted by molar-refractivity contribution is -0.117. The topological polar surface area (TPSA) is 113 Å². The first-order valence-corrected chi connectivity index (χ1v) is 13.0. The number of carbonyl (C=O) groups is 2. The zero-order chi connectivity index (χ0) is 23.8. The van der Waals surface area contributed by atoms with Crippen LogP contribution in [-0.2, 0) is 11.3 Å². The van der Waals surface area contributed by atoms with Crippen molar-refractivity contribution in [2.75, 3.05) is 29.5 Å². The van der Waals surface area contributed by atoms with Crippen molar-refractivity contribution in [2.45, 2.75) is 38.9 Å². The van der Waals surface area contributed by atoms with Crippen LogP contribution in [0.1, 0.15) is 37.4 Å². The first-order valence-electron chi connectivity index (χ1n) is 11.1. The molecule has 34 heavy (non-hydrogen) atoms. The smallest absolute Gasteiger partial charge is 0.405 e. The number of fused-ring (bicyclic) bond motifs is 1. The van der Waals surface area contributed by atoms with Gasteiger partial charge < -0.3 is 15.3 Å². The first-order chi connectivity index (χ1) is 15.6. The lowest BCUT2D eigenvalue weighted by Crippen LogP contribution is -2.45. The van der Waals surface area contributed by atoms with Crippen LogP contribution in [-0.4, -0.2) is 61.7 Å². The molecular formula is C24H32ClN3O5S. The molecule has 4 rings (SSSR count). The minimum atomic E-state index is -2.39. The minimum Gasteiger partial charge on any atom is -0.465 e. The Morgan fingerprint density at radius 2 is 1.68 bits per heavy atom. The number of nitrogens with one attached hydrogen (secondary N) is 1. The third kappa shape index (κ3) is 5.84. The molecule has 2 aromatic carbocycles. The molecule has 2 unspecified atom stereocenters. The molecule has 4 N–H and O–H groups in total. The van der Waals surface area contributed by atoms with E-state index in [4.69, 9.17) is 0 Å². The van der Waals surface area contributed by atoms with Gasteiger partial charge in [0.15, 0.2) is 0 Å². The average Bonchev–Trinajstić information content (AvgIpc) is 2.75. The summed E-state index contributed by atoms with van der Waals surface area (Å²) in [7, 11) is -2.39. The van der Waals surface area contributed by atoms with Gasteiger partial charge >= 0.3 is 6.09 Å². The third-order valence-electron chi connectivity index (χ3n) is 6.48. The van der Waals surface area contributed by atoms with Gasteiger partial charge in [0.2, 0.25) is 5.91 Å². The number of halogens is 1. The molecule has 0 aromatic heterocycles. The number of rotatable bonds is 4. The number of anilines is 1. The van der Waals surface area contributed by atoms with Crippen molar-refractivity contribution in [1.82, 2.24) is 10.2 Å². The molecule has 2 atom stereocenters. The number of hydrogen-bond donors (Lipinski definition) is 4. The average molecular weight is 510 g/mol. The Kier molecular flexibility index (Phi) is 8.15. The second kappa shape index (κ2) is 10.5. The van der Waals surface area contributed by atoms with Crippen molar-refractivity contribution in [3.05, 3.63) is 53.6 Å². The van der Waals surface area contributed by atoms with Crippen molar-refractivity contribution in [3.8, 4) is 11.1 Å². The van der Waals surface area contributed by atoms with Crippen molar-refractivity contribution in [1.29, 1.82) is 0 Å². The van der Waals surface area contributed by atoms with E-state index >= 15 is 0 Å². The largest absolute Gasteiger partial charge is 0.465 e. The standard InChI is InChI=1S/C24H31N3O5S.ClH/c1-16-13-22(25-24(29)30)21-14-20(7-8-23(21)27(16)17(2)28)19-5-3-18(4-6-19)15-26-9-11-33(31,32)12-10-26;/h3-8,14,16,22,25,31-32H,9-13,15H2,1-2H3,(H,29,30);1H. The molecule has 10 heteroatoms. The van der Waals surface area contributed by atoms with Gasteiger partial charge in [0, 0.05) is 38.3 Å². The summed E-state index contributed by atoms with van der Waals surface area (Å²) in [6.45, 7) is 5.58. The highest BCUT2D eigenvalue weighted by atomic mass is 35.5. The molecule has 0 radical (unpaired) electrons. The number of carbonyl (C=O) groups excluding carboxylic acids is 1. The minimum absolute atomic E-state index is 0. The van der Waals surface area contributed by atoms with Crippen molar-refractivity contribution in [2.24, 2.45) is 0 Å². The summed E-state index contributed by atoms with van der Waals surface area (Å²) >= 11 is 0. The molecule has 0 spiro atoms. The summed E-state index contributed by atoms with van der Waals surface area (Å²) in [5.74, 6) is 0.803. The van der Waals surface area contributed by atoms with Gasteiger partial charge in [-0.3, -0.25) is 18.8 Å². The van der Waals surface area contributed by atoms with Crippen LogP contribution < -0.4 is 10.2 Å². The van der Waals surface area contributed by atoms with Gasteiger partial charge in [0.25, 0.3) is 0 Å². The summed E-state index contributed by atoms with van der Waals surface area (Å²) < 4.78 is 19.6. The van der Waals surface area contributed by atoms with E-state index in [1.54, 1.807) is 4.90 Å². The van der Waals surface area contributed by atoms with Gasteiger partial charge in [-0.1, -0.05) is 30.3 Å². The molecular weight excluding hydrogens is 478 g/mol. The maximum atomic E-state index is 12.3. The number of nitrogens with zero attached hydrogens (tertiary/aromatic N) is 2. The van der Waals surface area contributed by atoms with Crippen LogP contribution >= 0.6 is 23.0 Å². The van der Waals surface area contributed by atoms with Crippen LogP contribution in [0.2, 0.25) is 0 Å². The fourth-order valence-corrected chi connectivity index (χ4v) is 6.10. The van der Waals surface area contributed by atoms with E-state index in [1.165, 1.54) is 6.92 Å². The molecule has 186 valence electrons. The van der Waals surface area contributed by atoms with Crippen LogP contribution in [0.15, 0.2) is 42.5 Å². The molecule has 8 nitrogen and oxygen atoms in total. The van der Waals surface area contributed by atoms with E-state index in [9.17, 15) is 23.8 Å². The van der Waals surface area contributed by atoms with Crippen molar-refractivity contribution >= 4 is 40.7 Å². The second-order valence-electron chi connectivity index (χ2n) is 8.93. The molecule has 2 heterocycles. The van der Waals surface area contributed by atoms with E-state index in [0.717, 1.165) is 34.5 Å². The second-order valence-corrected chi connectivity index (χ2v) is 11.4. The zero-order valence-electron chi connectivity index (χ0n) is 19.3. The molecule has 2 amide bonds. The van der Waals surface area contributed by atoms with Gasteiger partial charge in [0.05, 0.1) is 17.5 Å². The SMILES string of the molecule is CC(=O)N1c2ccc(-c3ccc(CN4CCS(O)(O)CC4)cc3)cc2C(NC(=O)O)CC1C.Cl. The van der Waals surface area contributed by atoms with E-state index < -0.39 is 16.7 Å². The van der Waals surface area contributed by atoms with Gasteiger partial charge in [-0.2, -0.15) is 10.6 Å². The number of benzene rings is 2. The fourth-order valence-electron chi connectivity index (χ4n) is 4.79. The number of hydrogen-bond acceptors (Lipinski definition) is 5. The molecule has 0 saturated carbocycles. The monoisotopic (exact) mass is 509 g/mol. The Morgan fingerprint density at radius 1 is 1.06 bits per heavy atom. The Labute approximate surface area is 207 Å². The van der Waals surface area contributed by atoms with Crippen molar-refractivity contribution in [3.63, 3.8) is 0 Å². The van der Waals surface area contributed by atoms with Gasteiger partial charge in [-0.25, -0.2) is 4.79 Å². The lowest BCUT2D eigenvalue weighted by atomic mass is 9.89. The highest BCUT2D eigenvalue weighted by molar-refractivity contribution is 8.24. The maximum absolute atomic E-state index is 12.3. The summed E-state index contributed by atoms with van der Waals surface area (Å²) in [6.07, 6.45) is -0.565. The summed E-state index contributed by atoms with van der Waals surface area (Å²) in [6, 6.07) is 13.6. The summed E-state index contributed by atoms with van der Waals surface area (Å²) in [5.41, 5.74) is 4.67. The maximum Gasteiger partial charge on any atom is 0.405 e. The molecule has 1 saturated heterocycles. The van der Waals surface area contributed by atoms with E-state index in [-0.39, 0.29) is 30.4 Å². The molecule has 2 aliphatic heterocycles. The highest BCUT2D eigenvalue weighted by Crippen LogP contribution is 2.41. The van der Waals surface area contributed by atoms with Crippen LogP contribution in [0.25, 0.3) is 11.1 Å². The van der Waals surface area contributed by atoms with E-state index in [1.807, 2.05) is 37.3 Å². The highest BCUT2D eigenvalue weighted by Gasteiger charge is 2.33. The Balaban J connectivity index is 0.00000324. The Hall–Kier alpha value is -2.30. The molecule has 2 aromatic rings. The predicted molar refractivity (Wildman–Crippen MR) is 138 cm³/mol. The molecule has 0 aliphatic carbocycles. The van der Waals surface area contributed by atoms with Crippen LogP contribution in [0.4, 0.5) is 10.5 Å². The van der Waals surface area contributed by atoms with Gasteiger partial charge in [0.1, 0.15) is 0 Å². The fraction of sp³-hybridized carbons (Fsp3) is 0.417. The molecule has 0 bridgehead atoms. The zero-order valence-corrected chi connectivity index (χ0v) is 20.9. The lowest BCUT2D eigenvalue weighted by Gasteiger charge is -2.41. The predicted octanol–water partition coefficient (Wildman–Crippen LogP) is 4.80. The Morgan fingerprint density at radius 3 is 2.26 bits per heavy atom.